The van der Waals surface area contributed by atoms with Gasteiger partial charge in [-0.3, -0.25) is 9.69 Å². The van der Waals surface area contributed by atoms with Crippen molar-refractivity contribution in [1.82, 2.24) is 9.80 Å². The topological polar surface area (TPSA) is 88.5 Å². The number of β-amino-alcohol motifs (C(OH)–C–C–N with tert-alkyl or cyclic N) is 1. The second kappa shape index (κ2) is 10.4. The normalized spacial score (nSPS) is 23.3. The third-order valence-electron chi connectivity index (χ3n) is 9.17. The van der Waals surface area contributed by atoms with Gasteiger partial charge >= 0.3 is 13.2 Å². The zero-order chi connectivity index (χ0) is 30.8. The number of carbonyl (C=O) groups is 2. The minimum atomic E-state index is -0.962. The fourth-order valence-corrected chi connectivity index (χ4v) is 6.14. The molecule has 1 N–H and O–H groups in total. The van der Waals surface area contributed by atoms with E-state index in [2.05, 4.69) is 13.8 Å². The SMILES string of the molecule is CC(C)(C)OC(=O)N1Cc2ccccc2C[C@H]1C(O)CN1CC(C)(C)c2cc(B3OC(C)(C)C(C)(C)O3)ccc2C1=O. The van der Waals surface area contributed by atoms with Crippen molar-refractivity contribution in [1.29, 1.82) is 0 Å². The summed E-state index contributed by atoms with van der Waals surface area (Å²) in [4.78, 5) is 30.4. The Labute approximate surface area is 250 Å². The lowest BCUT2D eigenvalue weighted by Crippen LogP contribution is -2.57. The lowest BCUT2D eigenvalue weighted by molar-refractivity contribution is -0.0193. The van der Waals surface area contributed by atoms with Crippen molar-refractivity contribution in [3.05, 3.63) is 64.7 Å². The van der Waals surface area contributed by atoms with Gasteiger partial charge in [0.1, 0.15) is 5.60 Å². The van der Waals surface area contributed by atoms with E-state index >= 15 is 0 Å². The summed E-state index contributed by atoms with van der Waals surface area (Å²) < 4.78 is 18.3. The van der Waals surface area contributed by atoms with Gasteiger partial charge in [-0.15, -0.1) is 0 Å². The lowest BCUT2D eigenvalue weighted by Gasteiger charge is -2.44. The van der Waals surface area contributed by atoms with Gasteiger partial charge in [0.15, 0.2) is 0 Å². The molecule has 1 saturated heterocycles. The highest BCUT2D eigenvalue weighted by Crippen LogP contribution is 2.38. The fraction of sp³-hybridized carbons (Fsp3) is 0.576. The standard InChI is InChI=1S/C33H45BN2O6/c1-30(2,3)40-29(39)36-18-22-13-11-10-12-21(22)16-26(36)27(37)19-35-20-31(4,5)25-17-23(14-15-24(25)28(35)38)34-41-32(6,7)33(8,9)42-34/h10-15,17,26-27,37H,16,18-20H2,1-9H3/t26-,27?/m0/s1. The van der Waals surface area contributed by atoms with Gasteiger partial charge in [-0.2, -0.15) is 0 Å². The first-order chi connectivity index (χ1) is 19.4. The molecule has 0 aliphatic carbocycles. The molecule has 3 heterocycles. The monoisotopic (exact) mass is 576 g/mol. The van der Waals surface area contributed by atoms with Crippen molar-refractivity contribution in [3.63, 3.8) is 0 Å². The molecule has 2 aromatic carbocycles. The Morgan fingerprint density at radius 1 is 1.05 bits per heavy atom. The Morgan fingerprint density at radius 3 is 2.29 bits per heavy atom. The molecule has 0 aromatic heterocycles. The van der Waals surface area contributed by atoms with Crippen LogP contribution < -0.4 is 5.46 Å². The van der Waals surface area contributed by atoms with E-state index in [0.717, 1.165) is 22.2 Å². The van der Waals surface area contributed by atoms with Crippen molar-refractivity contribution >= 4 is 24.6 Å². The molecule has 8 nitrogen and oxygen atoms in total. The third-order valence-corrected chi connectivity index (χ3v) is 9.17. The molecule has 2 aromatic rings. The van der Waals surface area contributed by atoms with Crippen LogP contribution in [0.1, 0.15) is 89.4 Å². The molecule has 0 bridgehead atoms. The molecule has 1 unspecified atom stereocenters. The molecule has 0 radical (unpaired) electrons. The van der Waals surface area contributed by atoms with Gasteiger partial charge in [0.05, 0.1) is 23.3 Å². The number of hydrogen-bond donors (Lipinski definition) is 1. The van der Waals surface area contributed by atoms with E-state index in [1.54, 1.807) is 9.80 Å². The van der Waals surface area contributed by atoms with E-state index in [0.29, 0.717) is 25.1 Å². The fourth-order valence-electron chi connectivity index (χ4n) is 6.14. The van der Waals surface area contributed by atoms with Gasteiger partial charge in [0, 0.05) is 30.6 Å². The van der Waals surface area contributed by atoms with Crippen LogP contribution in [0.4, 0.5) is 4.79 Å². The summed E-state index contributed by atoms with van der Waals surface area (Å²) >= 11 is 0. The summed E-state index contributed by atoms with van der Waals surface area (Å²) in [5.41, 5.74) is 2.59. The van der Waals surface area contributed by atoms with E-state index in [9.17, 15) is 14.7 Å². The Kier molecular flexibility index (Phi) is 7.56. The Bertz CT molecular complexity index is 1360. The van der Waals surface area contributed by atoms with Crippen LogP contribution in [0.3, 0.4) is 0 Å². The molecule has 42 heavy (non-hydrogen) atoms. The highest BCUT2D eigenvalue weighted by Gasteiger charge is 2.52. The van der Waals surface area contributed by atoms with Gasteiger partial charge in [0.25, 0.3) is 5.91 Å². The minimum Gasteiger partial charge on any atom is -0.444 e. The van der Waals surface area contributed by atoms with Crippen molar-refractivity contribution < 1.29 is 28.7 Å². The number of ether oxygens (including phenoxy) is 1. The molecule has 0 saturated carbocycles. The van der Waals surface area contributed by atoms with E-state index in [1.807, 2.05) is 90.9 Å². The van der Waals surface area contributed by atoms with Crippen LogP contribution in [-0.2, 0) is 32.4 Å². The van der Waals surface area contributed by atoms with Gasteiger partial charge in [0.2, 0.25) is 0 Å². The van der Waals surface area contributed by atoms with Crippen LogP contribution in [0.5, 0.6) is 0 Å². The first-order valence-electron chi connectivity index (χ1n) is 14.9. The molecular weight excluding hydrogens is 531 g/mol. The highest BCUT2D eigenvalue weighted by molar-refractivity contribution is 6.62. The van der Waals surface area contributed by atoms with Crippen LogP contribution in [0.25, 0.3) is 0 Å². The molecular formula is C33H45BN2O6. The number of rotatable bonds is 4. The van der Waals surface area contributed by atoms with E-state index in [-0.39, 0.29) is 17.9 Å². The number of carbonyl (C=O) groups excluding carboxylic acids is 2. The van der Waals surface area contributed by atoms with Gasteiger partial charge in [-0.25, -0.2) is 4.79 Å². The predicted molar refractivity (Wildman–Crippen MR) is 163 cm³/mol. The Morgan fingerprint density at radius 2 is 1.67 bits per heavy atom. The van der Waals surface area contributed by atoms with Gasteiger partial charge in [-0.1, -0.05) is 50.2 Å². The molecule has 2 amide bonds. The quantitative estimate of drug-likeness (QED) is 0.542. The molecule has 3 aliphatic rings. The van der Waals surface area contributed by atoms with E-state index in [4.69, 9.17) is 14.0 Å². The maximum Gasteiger partial charge on any atom is 0.494 e. The first kappa shape index (κ1) is 30.6. The van der Waals surface area contributed by atoms with Gasteiger partial charge < -0.3 is 24.1 Å². The summed E-state index contributed by atoms with van der Waals surface area (Å²) in [5.74, 6) is -0.135. The first-order valence-corrected chi connectivity index (χ1v) is 14.9. The maximum absolute atomic E-state index is 13.8. The second-order valence-electron chi connectivity index (χ2n) is 14.7. The van der Waals surface area contributed by atoms with Crippen LogP contribution in [-0.4, -0.2) is 76.1 Å². The van der Waals surface area contributed by atoms with Crippen molar-refractivity contribution in [3.8, 4) is 0 Å². The summed E-state index contributed by atoms with van der Waals surface area (Å²) in [6.07, 6.45) is -0.945. The number of amides is 2. The Balaban J connectivity index is 1.38. The highest BCUT2D eigenvalue weighted by atomic mass is 16.7. The maximum atomic E-state index is 13.8. The van der Waals surface area contributed by atoms with Crippen molar-refractivity contribution in [2.24, 2.45) is 0 Å². The minimum absolute atomic E-state index is 0.104. The largest absolute Gasteiger partial charge is 0.494 e. The smallest absolute Gasteiger partial charge is 0.444 e. The average molecular weight is 577 g/mol. The molecule has 1 fully saturated rings. The summed E-state index contributed by atoms with van der Waals surface area (Å²) in [6.45, 7) is 18.7. The number of hydrogen-bond acceptors (Lipinski definition) is 6. The number of aliphatic hydroxyl groups is 1. The Hall–Kier alpha value is -2.88. The molecule has 5 rings (SSSR count). The second-order valence-corrected chi connectivity index (χ2v) is 14.7. The number of fused-ring (bicyclic) bond motifs is 2. The van der Waals surface area contributed by atoms with Crippen LogP contribution >= 0.6 is 0 Å². The summed E-state index contributed by atoms with van der Waals surface area (Å²) in [6, 6.07) is 13.2. The van der Waals surface area contributed by atoms with Gasteiger partial charge in [-0.05, 0) is 83.1 Å². The van der Waals surface area contributed by atoms with Crippen LogP contribution in [0, 0.1) is 0 Å². The molecule has 226 valence electrons. The van der Waals surface area contributed by atoms with Crippen molar-refractivity contribution in [2.75, 3.05) is 13.1 Å². The zero-order valence-corrected chi connectivity index (χ0v) is 26.5. The summed E-state index contributed by atoms with van der Waals surface area (Å²) in [7, 11) is -0.515. The zero-order valence-electron chi connectivity index (χ0n) is 26.5. The van der Waals surface area contributed by atoms with Crippen molar-refractivity contribution in [2.45, 2.75) is 110 Å². The number of benzene rings is 2. The third kappa shape index (κ3) is 5.71. The molecule has 9 heteroatoms. The van der Waals surface area contributed by atoms with Crippen LogP contribution in [0.2, 0.25) is 0 Å². The lowest BCUT2D eigenvalue weighted by atomic mass is 9.71. The molecule has 2 atom stereocenters. The molecule has 3 aliphatic heterocycles. The average Bonchev–Trinajstić information content (AvgIpc) is 3.11. The number of nitrogens with zero attached hydrogens (tertiary/aromatic N) is 2. The number of aliphatic hydroxyl groups excluding tert-OH is 1. The van der Waals surface area contributed by atoms with E-state index < -0.39 is 42.2 Å². The predicted octanol–water partition coefficient (Wildman–Crippen LogP) is 4.44. The summed E-state index contributed by atoms with van der Waals surface area (Å²) in [5, 5.41) is 11.6. The van der Waals surface area contributed by atoms with E-state index in [1.165, 1.54) is 0 Å². The molecule has 0 spiro atoms. The van der Waals surface area contributed by atoms with Crippen LogP contribution in [0.15, 0.2) is 42.5 Å².